The average molecular weight is 504 g/mol. The third-order valence-corrected chi connectivity index (χ3v) is 7.24. The summed E-state index contributed by atoms with van der Waals surface area (Å²) in [6.07, 6.45) is 0. The molecule has 0 aromatic rings. The zero-order valence-electron chi connectivity index (χ0n) is 6.13. The molecule has 0 radical (unpaired) electrons. The maximum atomic E-state index is 5.86. The predicted octanol–water partition coefficient (Wildman–Crippen LogP) is 4.71. The second kappa shape index (κ2) is 7.96. The van der Waals surface area contributed by atoms with E-state index in [-0.39, 0.29) is 10.0 Å². The number of hydrogen-bond donors (Lipinski definition) is 0. The van der Waals surface area contributed by atoms with Gasteiger partial charge in [-0.1, -0.05) is 63.7 Å². The van der Waals surface area contributed by atoms with Crippen LogP contribution < -0.4 is 0 Å². The summed E-state index contributed by atoms with van der Waals surface area (Å²) in [5.41, 5.74) is 0. The quantitative estimate of drug-likeness (QED) is 0.386. The molecule has 0 amide bonds. The highest BCUT2D eigenvalue weighted by Gasteiger charge is 2.22. The topological polar surface area (TPSA) is 18.5 Å². The van der Waals surface area contributed by atoms with Crippen molar-refractivity contribution >= 4 is 92.6 Å². The first kappa shape index (κ1) is 15.8. The molecule has 0 N–H and O–H groups in total. The van der Waals surface area contributed by atoms with Gasteiger partial charge in [0.25, 0.3) is 5.84 Å². The lowest BCUT2D eigenvalue weighted by Gasteiger charge is -2.19. The Morgan fingerprint density at radius 3 is 1.69 bits per heavy atom. The Morgan fingerprint density at radius 2 is 1.46 bits per heavy atom. The fraction of sp³-hybridized carbons (Fsp3) is 1.00. The van der Waals surface area contributed by atoms with E-state index in [0.29, 0.717) is 10.7 Å². The Morgan fingerprint density at radius 1 is 1.15 bits per heavy atom. The van der Waals surface area contributed by atoms with Crippen LogP contribution in [0.3, 0.4) is 0 Å². The zero-order chi connectivity index (χ0) is 10.5. The van der Waals surface area contributed by atoms with E-state index >= 15 is 0 Å². The molecule has 2 atom stereocenters. The van der Waals surface area contributed by atoms with E-state index in [1.165, 1.54) is 0 Å². The summed E-state index contributed by atoms with van der Waals surface area (Å²) in [4.78, 5) is 0. The first-order valence-corrected chi connectivity index (χ1v) is 10.6. The lowest BCUT2D eigenvalue weighted by atomic mass is 10.9. The van der Waals surface area contributed by atoms with Gasteiger partial charge < -0.3 is 9.05 Å². The summed E-state index contributed by atoms with van der Waals surface area (Å²) in [5.74, 6) is -2.69. The van der Waals surface area contributed by atoms with Gasteiger partial charge in [0.05, 0.1) is 0 Å². The highest BCUT2D eigenvalue weighted by molar-refractivity contribution is 9.12. The summed E-state index contributed by atoms with van der Waals surface area (Å²) in [5, 5.41) is 0.738. The van der Waals surface area contributed by atoms with Crippen molar-refractivity contribution in [1.82, 2.24) is 0 Å². The van der Waals surface area contributed by atoms with E-state index < -0.39 is 5.84 Å². The van der Waals surface area contributed by atoms with Crippen molar-refractivity contribution in [3.8, 4) is 0 Å². The van der Waals surface area contributed by atoms with E-state index in [0.717, 1.165) is 0 Å². The van der Waals surface area contributed by atoms with Crippen molar-refractivity contribution in [3.63, 3.8) is 0 Å². The van der Waals surface area contributed by atoms with Gasteiger partial charge in [0.1, 0.15) is 10.0 Å². The molecular weight excluding hydrogens is 498 g/mol. The molecule has 2 unspecified atom stereocenters. The minimum atomic E-state index is -2.69. The van der Waals surface area contributed by atoms with E-state index in [9.17, 15) is 0 Å². The van der Waals surface area contributed by atoms with Crippen LogP contribution in [-0.4, -0.2) is 20.7 Å². The molecule has 2 nitrogen and oxygen atoms in total. The van der Waals surface area contributed by atoms with Crippen molar-refractivity contribution in [3.05, 3.63) is 0 Å². The van der Waals surface area contributed by atoms with Gasteiger partial charge in [0, 0.05) is 10.7 Å². The second-order valence-corrected chi connectivity index (χ2v) is 9.77. The summed E-state index contributed by atoms with van der Waals surface area (Å²) in [6.45, 7) is 0. The van der Waals surface area contributed by atoms with Crippen LogP contribution in [0.5, 0.6) is 0 Å². The van der Waals surface area contributed by atoms with Crippen molar-refractivity contribution < 1.29 is 9.05 Å². The standard InChI is InChI=1S/C4H6Br4ClO2PS/c5-1-3(7)10-12(9,13)11-4(8)2-6/h3-4H,1-2H2. The van der Waals surface area contributed by atoms with E-state index in [4.69, 9.17) is 32.1 Å². The molecule has 0 aliphatic heterocycles. The van der Waals surface area contributed by atoms with Crippen LogP contribution in [0.25, 0.3) is 0 Å². The van der Waals surface area contributed by atoms with Gasteiger partial charge >= 0.3 is 0 Å². The van der Waals surface area contributed by atoms with Gasteiger partial charge in [0.2, 0.25) is 0 Å². The molecular formula is C4H6Br4ClO2PS. The Labute approximate surface area is 121 Å². The lowest BCUT2D eigenvalue weighted by molar-refractivity contribution is 0.258. The van der Waals surface area contributed by atoms with E-state index in [1.54, 1.807) is 0 Å². The molecule has 9 heteroatoms. The maximum absolute atomic E-state index is 5.86. The summed E-state index contributed by atoms with van der Waals surface area (Å²) in [6, 6.07) is 0. The Hall–Kier alpha value is 2.78. The Balaban J connectivity index is 4.00. The average Bonchev–Trinajstić information content (AvgIpc) is 2.02. The molecule has 0 saturated carbocycles. The van der Waals surface area contributed by atoms with Crippen LogP contribution >= 0.6 is 80.8 Å². The highest BCUT2D eigenvalue weighted by atomic mass is 79.9. The fourth-order valence-electron chi connectivity index (χ4n) is 0.354. The molecule has 0 aliphatic carbocycles. The molecule has 0 bridgehead atoms. The molecule has 0 saturated heterocycles. The molecule has 0 spiro atoms. The smallest absolute Gasteiger partial charge is 0.284 e. The SMILES string of the molecule is S=P(Cl)(OC(Br)CBr)OC(Br)CBr. The van der Waals surface area contributed by atoms with Crippen LogP contribution in [-0.2, 0) is 20.9 Å². The van der Waals surface area contributed by atoms with Gasteiger partial charge in [-0.2, -0.15) is 0 Å². The molecule has 0 fully saturated rings. The van der Waals surface area contributed by atoms with Gasteiger partial charge in [-0.25, -0.2) is 0 Å². The minimum Gasteiger partial charge on any atom is -0.302 e. The molecule has 0 aromatic carbocycles. The van der Waals surface area contributed by atoms with E-state index in [2.05, 4.69) is 63.7 Å². The monoisotopic (exact) mass is 500 g/mol. The van der Waals surface area contributed by atoms with Crippen LogP contribution in [0.4, 0.5) is 0 Å². The van der Waals surface area contributed by atoms with Crippen LogP contribution in [0.15, 0.2) is 0 Å². The van der Waals surface area contributed by atoms with E-state index in [1.807, 2.05) is 0 Å². The summed E-state index contributed by atoms with van der Waals surface area (Å²) in [7, 11) is 0. The molecule has 0 heterocycles. The van der Waals surface area contributed by atoms with Crippen molar-refractivity contribution in [2.75, 3.05) is 10.7 Å². The number of hydrogen-bond acceptors (Lipinski definition) is 3. The molecule has 0 rings (SSSR count). The third-order valence-electron chi connectivity index (χ3n) is 0.723. The number of alkyl halides is 4. The van der Waals surface area contributed by atoms with Crippen LogP contribution in [0, 0.1) is 0 Å². The largest absolute Gasteiger partial charge is 0.302 e. The van der Waals surface area contributed by atoms with Crippen molar-refractivity contribution in [1.29, 1.82) is 0 Å². The predicted molar refractivity (Wildman–Crippen MR) is 75.3 cm³/mol. The first-order valence-electron chi connectivity index (χ1n) is 2.98. The van der Waals surface area contributed by atoms with Gasteiger partial charge in [-0.15, -0.1) is 0 Å². The normalized spacial score (nSPS) is 20.7. The van der Waals surface area contributed by atoms with Crippen molar-refractivity contribution in [2.45, 2.75) is 10.0 Å². The first-order chi connectivity index (χ1) is 5.91. The summed E-state index contributed by atoms with van der Waals surface area (Å²) >= 11 is 23.7. The van der Waals surface area contributed by atoms with Crippen molar-refractivity contribution in [2.24, 2.45) is 0 Å². The Bertz CT molecular complexity index is 181. The van der Waals surface area contributed by atoms with Gasteiger partial charge in [-0.3, -0.25) is 0 Å². The fourth-order valence-corrected chi connectivity index (χ4v) is 5.63. The van der Waals surface area contributed by atoms with Crippen LogP contribution in [0.1, 0.15) is 0 Å². The number of rotatable bonds is 6. The second-order valence-electron chi connectivity index (χ2n) is 1.77. The maximum Gasteiger partial charge on any atom is 0.284 e. The molecule has 80 valence electrons. The lowest BCUT2D eigenvalue weighted by Crippen LogP contribution is -2.07. The van der Waals surface area contributed by atoms with Gasteiger partial charge in [0.15, 0.2) is 0 Å². The molecule has 0 aliphatic rings. The zero-order valence-corrected chi connectivity index (χ0v) is 14.9. The minimum absolute atomic E-state index is 0.231. The highest BCUT2D eigenvalue weighted by Crippen LogP contribution is 2.57. The summed E-state index contributed by atoms with van der Waals surface area (Å²) < 4.78 is 10.5. The number of halogens is 5. The van der Waals surface area contributed by atoms with Gasteiger partial charge in [-0.05, 0) is 23.0 Å². The molecule has 13 heavy (non-hydrogen) atoms. The Kier molecular flexibility index (Phi) is 9.66. The third kappa shape index (κ3) is 8.57. The molecule has 0 aromatic heterocycles. The van der Waals surface area contributed by atoms with Crippen LogP contribution in [0.2, 0.25) is 0 Å².